The van der Waals surface area contributed by atoms with Gasteiger partial charge in [-0.05, 0) is 25.9 Å². The fourth-order valence-electron chi connectivity index (χ4n) is 2.97. The van der Waals surface area contributed by atoms with Crippen LogP contribution in [0.5, 0.6) is 0 Å². The van der Waals surface area contributed by atoms with E-state index in [2.05, 4.69) is 15.1 Å². The van der Waals surface area contributed by atoms with Gasteiger partial charge < -0.3 is 19.0 Å². The van der Waals surface area contributed by atoms with E-state index in [1.165, 1.54) is 0 Å². The van der Waals surface area contributed by atoms with E-state index in [0.29, 0.717) is 37.5 Å². The molecule has 3 heterocycles. The van der Waals surface area contributed by atoms with Crippen LogP contribution in [0, 0.1) is 0 Å². The average Bonchev–Trinajstić information content (AvgIpc) is 3.09. The predicted octanol–water partition coefficient (Wildman–Crippen LogP) is 0.155. The van der Waals surface area contributed by atoms with Crippen LogP contribution in [-0.2, 0) is 16.1 Å². The summed E-state index contributed by atoms with van der Waals surface area (Å²) in [5.74, 6) is 1.55. The first-order chi connectivity index (χ1) is 9.78. The van der Waals surface area contributed by atoms with Crippen LogP contribution in [0.3, 0.4) is 0 Å². The number of aliphatic hydroxyl groups is 1. The van der Waals surface area contributed by atoms with E-state index in [9.17, 15) is 5.11 Å². The number of piperidine rings is 1. The van der Waals surface area contributed by atoms with Crippen LogP contribution in [0.1, 0.15) is 30.5 Å². The van der Waals surface area contributed by atoms with Crippen molar-refractivity contribution in [2.24, 2.45) is 0 Å². The molecule has 2 unspecified atom stereocenters. The molecule has 2 aliphatic rings. The van der Waals surface area contributed by atoms with E-state index < -0.39 is 0 Å². The highest BCUT2D eigenvalue weighted by Crippen LogP contribution is 2.29. The Labute approximate surface area is 117 Å². The predicted molar refractivity (Wildman–Crippen MR) is 69.2 cm³/mol. The van der Waals surface area contributed by atoms with E-state index in [-0.39, 0.29) is 12.1 Å². The van der Waals surface area contributed by atoms with Crippen molar-refractivity contribution in [2.75, 3.05) is 33.4 Å². The van der Waals surface area contributed by atoms with Gasteiger partial charge in [0.2, 0.25) is 11.8 Å². The van der Waals surface area contributed by atoms with Crippen LogP contribution in [0.15, 0.2) is 4.42 Å². The SMILES string of the molecule is COCc1nnc(C2CCN(C3COCC3O)CC2)o1. The van der Waals surface area contributed by atoms with Gasteiger partial charge >= 0.3 is 0 Å². The molecule has 112 valence electrons. The number of ether oxygens (including phenoxy) is 2. The highest BCUT2D eigenvalue weighted by molar-refractivity contribution is 4.96. The Kier molecular flexibility index (Phi) is 4.30. The monoisotopic (exact) mass is 283 g/mol. The van der Waals surface area contributed by atoms with Gasteiger partial charge in [-0.2, -0.15) is 0 Å². The van der Waals surface area contributed by atoms with Gasteiger partial charge in [-0.3, -0.25) is 4.90 Å². The molecule has 2 saturated heterocycles. The van der Waals surface area contributed by atoms with E-state index in [0.717, 1.165) is 25.9 Å². The molecule has 0 aromatic carbocycles. The van der Waals surface area contributed by atoms with Crippen molar-refractivity contribution >= 4 is 0 Å². The number of hydrogen-bond acceptors (Lipinski definition) is 7. The highest BCUT2D eigenvalue weighted by atomic mass is 16.5. The molecule has 3 rings (SSSR count). The molecule has 2 aliphatic heterocycles. The molecule has 1 aromatic heterocycles. The Hall–Kier alpha value is -1.02. The van der Waals surface area contributed by atoms with Crippen LogP contribution in [0.2, 0.25) is 0 Å². The summed E-state index contributed by atoms with van der Waals surface area (Å²) in [6.07, 6.45) is 1.58. The Balaban J connectivity index is 1.55. The van der Waals surface area contributed by atoms with Crippen molar-refractivity contribution in [3.05, 3.63) is 11.8 Å². The second-order valence-corrected chi connectivity index (χ2v) is 5.45. The summed E-state index contributed by atoms with van der Waals surface area (Å²) in [7, 11) is 1.61. The smallest absolute Gasteiger partial charge is 0.242 e. The number of nitrogens with zero attached hydrogens (tertiary/aromatic N) is 3. The fourth-order valence-corrected chi connectivity index (χ4v) is 2.97. The molecule has 7 nitrogen and oxygen atoms in total. The molecule has 0 aliphatic carbocycles. The van der Waals surface area contributed by atoms with Gasteiger partial charge in [-0.15, -0.1) is 10.2 Å². The van der Waals surface area contributed by atoms with Crippen molar-refractivity contribution in [3.8, 4) is 0 Å². The minimum atomic E-state index is -0.358. The molecular formula is C13H21N3O4. The van der Waals surface area contributed by atoms with Crippen LogP contribution in [0.25, 0.3) is 0 Å². The summed E-state index contributed by atoms with van der Waals surface area (Å²) < 4.78 is 15.9. The van der Waals surface area contributed by atoms with Gasteiger partial charge in [0, 0.05) is 13.0 Å². The van der Waals surface area contributed by atoms with Crippen molar-refractivity contribution < 1.29 is 19.0 Å². The molecular weight excluding hydrogens is 262 g/mol. The van der Waals surface area contributed by atoms with Crippen LogP contribution in [0.4, 0.5) is 0 Å². The minimum Gasteiger partial charge on any atom is -0.422 e. The molecule has 0 amide bonds. The Morgan fingerprint density at radius 3 is 2.75 bits per heavy atom. The molecule has 1 aromatic rings. The number of hydrogen-bond donors (Lipinski definition) is 1. The molecule has 2 fully saturated rings. The number of aliphatic hydroxyl groups excluding tert-OH is 1. The lowest BCUT2D eigenvalue weighted by molar-refractivity contribution is 0.0638. The van der Waals surface area contributed by atoms with Crippen molar-refractivity contribution in [1.29, 1.82) is 0 Å². The third kappa shape index (κ3) is 2.85. The molecule has 20 heavy (non-hydrogen) atoms. The summed E-state index contributed by atoms with van der Waals surface area (Å²) in [6, 6.07) is 0.141. The number of rotatable bonds is 4. The maximum Gasteiger partial charge on any atom is 0.242 e. The van der Waals surface area contributed by atoms with Gasteiger partial charge in [0.25, 0.3) is 0 Å². The number of methoxy groups -OCH3 is 1. The quantitative estimate of drug-likeness (QED) is 0.842. The maximum absolute atomic E-state index is 9.87. The third-order valence-electron chi connectivity index (χ3n) is 4.12. The van der Waals surface area contributed by atoms with Crippen LogP contribution in [-0.4, -0.2) is 65.8 Å². The van der Waals surface area contributed by atoms with E-state index in [4.69, 9.17) is 13.9 Å². The first-order valence-electron chi connectivity index (χ1n) is 7.09. The lowest BCUT2D eigenvalue weighted by atomic mass is 9.95. The van der Waals surface area contributed by atoms with Gasteiger partial charge in [-0.1, -0.05) is 0 Å². The lowest BCUT2D eigenvalue weighted by Gasteiger charge is -2.35. The standard InChI is InChI=1S/C13H21N3O4/c1-18-8-12-14-15-13(20-12)9-2-4-16(5-3-9)10-6-19-7-11(10)17/h9-11,17H,2-8H2,1H3. The zero-order valence-corrected chi connectivity index (χ0v) is 11.7. The van der Waals surface area contributed by atoms with Crippen molar-refractivity contribution in [2.45, 2.75) is 37.5 Å². The Morgan fingerprint density at radius 2 is 2.10 bits per heavy atom. The van der Waals surface area contributed by atoms with Crippen LogP contribution < -0.4 is 0 Å². The first-order valence-corrected chi connectivity index (χ1v) is 7.09. The first kappa shape index (κ1) is 13.9. The van der Waals surface area contributed by atoms with Crippen molar-refractivity contribution in [3.63, 3.8) is 0 Å². The zero-order chi connectivity index (χ0) is 13.9. The van der Waals surface area contributed by atoms with E-state index in [1.807, 2.05) is 0 Å². The number of likely N-dealkylation sites (tertiary alicyclic amines) is 1. The topological polar surface area (TPSA) is 80.9 Å². The highest BCUT2D eigenvalue weighted by Gasteiger charge is 2.35. The van der Waals surface area contributed by atoms with Gasteiger partial charge in [-0.25, -0.2) is 0 Å². The van der Waals surface area contributed by atoms with Gasteiger partial charge in [0.05, 0.1) is 25.4 Å². The van der Waals surface area contributed by atoms with Gasteiger partial charge in [0.15, 0.2) is 0 Å². The largest absolute Gasteiger partial charge is 0.422 e. The summed E-state index contributed by atoms with van der Waals surface area (Å²) in [4.78, 5) is 2.31. The lowest BCUT2D eigenvalue weighted by Crippen LogP contribution is -2.46. The molecule has 0 radical (unpaired) electrons. The van der Waals surface area contributed by atoms with E-state index >= 15 is 0 Å². The molecule has 0 saturated carbocycles. The zero-order valence-electron chi connectivity index (χ0n) is 11.7. The number of aromatic nitrogens is 2. The molecule has 2 atom stereocenters. The Morgan fingerprint density at radius 1 is 1.30 bits per heavy atom. The minimum absolute atomic E-state index is 0.141. The molecule has 0 spiro atoms. The fraction of sp³-hybridized carbons (Fsp3) is 0.846. The van der Waals surface area contributed by atoms with Crippen molar-refractivity contribution in [1.82, 2.24) is 15.1 Å². The summed E-state index contributed by atoms with van der Waals surface area (Å²) in [5.41, 5.74) is 0. The molecule has 7 heteroatoms. The molecule has 0 bridgehead atoms. The second-order valence-electron chi connectivity index (χ2n) is 5.45. The maximum atomic E-state index is 9.87. The summed E-state index contributed by atoms with van der Waals surface area (Å²) in [5, 5.41) is 17.9. The van der Waals surface area contributed by atoms with Crippen LogP contribution >= 0.6 is 0 Å². The van der Waals surface area contributed by atoms with Gasteiger partial charge in [0.1, 0.15) is 6.61 Å². The molecule has 1 N–H and O–H groups in total. The summed E-state index contributed by atoms with van der Waals surface area (Å²) in [6.45, 7) is 3.30. The Bertz CT molecular complexity index is 431. The average molecular weight is 283 g/mol. The van der Waals surface area contributed by atoms with E-state index in [1.54, 1.807) is 7.11 Å². The summed E-state index contributed by atoms with van der Waals surface area (Å²) >= 11 is 0. The normalized spacial score (nSPS) is 29.1. The second kappa shape index (κ2) is 6.17. The third-order valence-corrected chi connectivity index (χ3v) is 4.12.